The van der Waals surface area contributed by atoms with Gasteiger partial charge in [0, 0.05) is 11.4 Å². The molecule has 3 atom stereocenters. The minimum Gasteiger partial charge on any atom is -0.393 e. The Hall–Kier alpha value is 0.210. The molecule has 0 saturated heterocycles. The first kappa shape index (κ1) is 14.2. The van der Waals surface area contributed by atoms with Gasteiger partial charge >= 0.3 is 0 Å². The molecular formula is C11H24ClNO. The van der Waals surface area contributed by atoms with Gasteiger partial charge in [-0.3, -0.25) is 0 Å². The second-order valence-corrected chi connectivity index (χ2v) is 4.72. The lowest BCUT2D eigenvalue weighted by atomic mass is 10.0. The van der Waals surface area contributed by atoms with Crippen molar-refractivity contribution in [2.24, 2.45) is 0 Å². The van der Waals surface area contributed by atoms with E-state index >= 15 is 0 Å². The fraction of sp³-hybridized carbons (Fsp3) is 1.00. The molecule has 3 unspecified atom stereocenters. The Morgan fingerprint density at radius 3 is 1.93 bits per heavy atom. The normalized spacial score (nSPS) is 18.2. The Morgan fingerprint density at radius 1 is 1.14 bits per heavy atom. The van der Waals surface area contributed by atoms with Gasteiger partial charge in [-0.15, -0.1) is 11.6 Å². The number of alkyl halides is 1. The monoisotopic (exact) mass is 221 g/mol. The molecule has 0 aliphatic rings. The Labute approximate surface area is 93.2 Å². The van der Waals surface area contributed by atoms with Crippen LogP contribution < -0.4 is 0 Å². The van der Waals surface area contributed by atoms with Gasteiger partial charge in [-0.2, -0.15) is 0 Å². The summed E-state index contributed by atoms with van der Waals surface area (Å²) in [5.74, 6) is 0. The third kappa shape index (κ3) is 5.84. The van der Waals surface area contributed by atoms with Crippen molar-refractivity contribution in [1.29, 1.82) is 0 Å². The van der Waals surface area contributed by atoms with Gasteiger partial charge in [0.05, 0.1) is 6.10 Å². The zero-order valence-corrected chi connectivity index (χ0v) is 10.6. The van der Waals surface area contributed by atoms with E-state index in [9.17, 15) is 5.11 Å². The lowest BCUT2D eigenvalue weighted by Gasteiger charge is -2.31. The van der Waals surface area contributed by atoms with Gasteiger partial charge in [0.15, 0.2) is 0 Å². The van der Waals surface area contributed by atoms with E-state index in [-0.39, 0.29) is 11.5 Å². The molecule has 2 nitrogen and oxygen atoms in total. The molecule has 0 aromatic carbocycles. The van der Waals surface area contributed by atoms with Crippen LogP contribution in [-0.2, 0) is 0 Å². The summed E-state index contributed by atoms with van der Waals surface area (Å²) in [6.45, 7) is 10.2. The van der Waals surface area contributed by atoms with Gasteiger partial charge in [-0.1, -0.05) is 13.8 Å². The zero-order valence-electron chi connectivity index (χ0n) is 9.83. The highest BCUT2D eigenvalue weighted by Gasteiger charge is 2.19. The van der Waals surface area contributed by atoms with E-state index in [4.69, 9.17) is 11.6 Å². The maximum atomic E-state index is 9.41. The third-order valence-corrected chi connectivity index (χ3v) is 2.72. The van der Waals surface area contributed by atoms with Crippen molar-refractivity contribution >= 4 is 11.6 Å². The molecule has 0 amide bonds. The van der Waals surface area contributed by atoms with E-state index in [1.807, 2.05) is 13.8 Å². The standard InChI is InChI=1S/C11H24ClNO/c1-5-13(6-2)11(7-9(3)12)8-10(4)14/h9-11,14H,5-8H2,1-4H3. The van der Waals surface area contributed by atoms with Crippen LogP contribution in [0.1, 0.15) is 40.5 Å². The van der Waals surface area contributed by atoms with Gasteiger partial charge in [0.25, 0.3) is 0 Å². The highest BCUT2D eigenvalue weighted by molar-refractivity contribution is 6.20. The molecule has 0 aliphatic carbocycles. The van der Waals surface area contributed by atoms with Crippen LogP contribution >= 0.6 is 11.6 Å². The summed E-state index contributed by atoms with van der Waals surface area (Å²) in [5.41, 5.74) is 0. The van der Waals surface area contributed by atoms with Crippen LogP contribution in [0.3, 0.4) is 0 Å². The van der Waals surface area contributed by atoms with Crippen molar-refractivity contribution in [3.05, 3.63) is 0 Å². The molecule has 0 fully saturated rings. The van der Waals surface area contributed by atoms with E-state index in [0.717, 1.165) is 25.9 Å². The molecule has 86 valence electrons. The van der Waals surface area contributed by atoms with Gasteiger partial charge < -0.3 is 10.0 Å². The SMILES string of the molecule is CCN(CC)C(CC(C)O)CC(C)Cl. The summed E-state index contributed by atoms with van der Waals surface area (Å²) in [6.07, 6.45) is 1.53. The highest BCUT2D eigenvalue weighted by atomic mass is 35.5. The minimum atomic E-state index is -0.240. The molecule has 0 spiro atoms. The van der Waals surface area contributed by atoms with Crippen molar-refractivity contribution in [3.63, 3.8) is 0 Å². The smallest absolute Gasteiger partial charge is 0.0527 e. The number of aliphatic hydroxyl groups is 1. The summed E-state index contributed by atoms with van der Waals surface area (Å²) in [5, 5.41) is 9.59. The molecule has 0 aliphatic heterocycles. The lowest BCUT2D eigenvalue weighted by Crippen LogP contribution is -2.38. The molecule has 0 rings (SSSR count). The predicted molar refractivity (Wildman–Crippen MR) is 62.9 cm³/mol. The molecular weight excluding hydrogens is 198 g/mol. The number of nitrogens with zero attached hydrogens (tertiary/aromatic N) is 1. The van der Waals surface area contributed by atoms with Crippen molar-refractivity contribution in [2.75, 3.05) is 13.1 Å². The van der Waals surface area contributed by atoms with E-state index in [0.29, 0.717) is 6.04 Å². The maximum Gasteiger partial charge on any atom is 0.0527 e. The van der Waals surface area contributed by atoms with Crippen LogP contribution in [-0.4, -0.2) is 40.6 Å². The number of rotatable bonds is 7. The second kappa shape index (κ2) is 7.49. The van der Waals surface area contributed by atoms with Crippen LogP contribution in [0.15, 0.2) is 0 Å². The summed E-state index contributed by atoms with van der Waals surface area (Å²) in [4.78, 5) is 2.37. The summed E-state index contributed by atoms with van der Waals surface area (Å²) in [6, 6.07) is 0.414. The van der Waals surface area contributed by atoms with E-state index < -0.39 is 0 Å². The molecule has 0 bridgehead atoms. The quantitative estimate of drug-likeness (QED) is 0.668. The largest absolute Gasteiger partial charge is 0.393 e. The Balaban J connectivity index is 4.20. The van der Waals surface area contributed by atoms with Gasteiger partial charge in [0.2, 0.25) is 0 Å². The molecule has 3 heteroatoms. The first-order valence-electron chi connectivity index (χ1n) is 5.57. The van der Waals surface area contributed by atoms with Crippen LogP contribution in [0.4, 0.5) is 0 Å². The Bertz CT molecular complexity index is 125. The fourth-order valence-corrected chi connectivity index (χ4v) is 2.11. The lowest BCUT2D eigenvalue weighted by molar-refractivity contribution is 0.113. The van der Waals surface area contributed by atoms with Crippen molar-refractivity contribution < 1.29 is 5.11 Å². The summed E-state index contributed by atoms with van der Waals surface area (Å²) in [7, 11) is 0. The summed E-state index contributed by atoms with van der Waals surface area (Å²) >= 11 is 6.01. The molecule has 0 aromatic heterocycles. The predicted octanol–water partition coefficient (Wildman–Crippen LogP) is 2.49. The first-order valence-corrected chi connectivity index (χ1v) is 6.01. The zero-order chi connectivity index (χ0) is 11.1. The average Bonchev–Trinajstić information content (AvgIpc) is 2.03. The van der Waals surface area contributed by atoms with E-state index in [2.05, 4.69) is 18.7 Å². The van der Waals surface area contributed by atoms with Crippen molar-refractivity contribution in [3.8, 4) is 0 Å². The van der Waals surface area contributed by atoms with Gasteiger partial charge in [0.1, 0.15) is 0 Å². The third-order valence-electron chi connectivity index (χ3n) is 2.54. The van der Waals surface area contributed by atoms with Gasteiger partial charge in [-0.05, 0) is 39.8 Å². The van der Waals surface area contributed by atoms with E-state index in [1.54, 1.807) is 0 Å². The average molecular weight is 222 g/mol. The van der Waals surface area contributed by atoms with Crippen molar-refractivity contribution in [2.45, 2.75) is 58.1 Å². The van der Waals surface area contributed by atoms with Crippen LogP contribution in [0.5, 0.6) is 0 Å². The molecule has 0 saturated carbocycles. The molecule has 14 heavy (non-hydrogen) atoms. The topological polar surface area (TPSA) is 23.5 Å². The number of hydrogen-bond acceptors (Lipinski definition) is 2. The summed E-state index contributed by atoms with van der Waals surface area (Å²) < 4.78 is 0. The second-order valence-electron chi connectivity index (χ2n) is 3.98. The molecule has 1 N–H and O–H groups in total. The number of aliphatic hydroxyl groups excluding tert-OH is 1. The maximum absolute atomic E-state index is 9.41. The van der Waals surface area contributed by atoms with E-state index in [1.165, 1.54) is 0 Å². The molecule has 0 radical (unpaired) electrons. The van der Waals surface area contributed by atoms with Crippen LogP contribution in [0, 0.1) is 0 Å². The Kier molecular flexibility index (Phi) is 7.61. The minimum absolute atomic E-state index is 0.180. The molecule has 0 aromatic rings. The fourth-order valence-electron chi connectivity index (χ4n) is 1.90. The number of halogens is 1. The van der Waals surface area contributed by atoms with Crippen molar-refractivity contribution in [1.82, 2.24) is 4.90 Å². The van der Waals surface area contributed by atoms with Crippen LogP contribution in [0.25, 0.3) is 0 Å². The first-order chi connectivity index (χ1) is 6.51. The molecule has 0 heterocycles. The Morgan fingerprint density at radius 2 is 1.64 bits per heavy atom. The van der Waals surface area contributed by atoms with Crippen LogP contribution in [0.2, 0.25) is 0 Å². The highest BCUT2D eigenvalue weighted by Crippen LogP contribution is 2.16. The van der Waals surface area contributed by atoms with Gasteiger partial charge in [-0.25, -0.2) is 0 Å². The number of hydrogen-bond donors (Lipinski definition) is 1.